The maximum atomic E-state index is 12.4. The van der Waals surface area contributed by atoms with E-state index in [0.29, 0.717) is 10.7 Å². The molecule has 0 aliphatic heterocycles. The molecule has 0 atom stereocenters. The summed E-state index contributed by atoms with van der Waals surface area (Å²) in [5, 5.41) is 3.25. The van der Waals surface area contributed by atoms with Gasteiger partial charge >= 0.3 is 0 Å². The number of para-hydroxylation sites is 1. The largest absolute Gasteiger partial charge is 0.323 e. The lowest BCUT2D eigenvalue weighted by molar-refractivity contribution is -0.114. The van der Waals surface area contributed by atoms with Crippen LogP contribution in [-0.2, 0) is 14.8 Å². The number of carbonyl (C=O) groups excluding carboxylic acids is 1. The van der Waals surface area contributed by atoms with Gasteiger partial charge in [0.2, 0.25) is 15.9 Å². The number of thioether (sulfide) groups is 1. The topological polar surface area (TPSA) is 66.5 Å². The van der Waals surface area contributed by atoms with Gasteiger partial charge < -0.3 is 5.32 Å². The van der Waals surface area contributed by atoms with Crippen molar-refractivity contribution in [3.63, 3.8) is 0 Å². The van der Waals surface area contributed by atoms with Gasteiger partial charge in [-0.2, -0.15) is 0 Å². The van der Waals surface area contributed by atoms with Crippen molar-refractivity contribution >= 4 is 62.3 Å². The van der Waals surface area contributed by atoms with Crippen LogP contribution in [0.2, 0.25) is 10.0 Å². The Balaban J connectivity index is 2.27. The average Bonchev–Trinajstić information content (AvgIpc) is 2.53. The van der Waals surface area contributed by atoms with Crippen molar-refractivity contribution in [3.05, 3.63) is 52.5 Å². The van der Waals surface area contributed by atoms with Gasteiger partial charge in [-0.3, -0.25) is 9.10 Å². The van der Waals surface area contributed by atoms with E-state index in [1.807, 2.05) is 18.4 Å². The SMILES string of the molecule is CSc1ccccc1NC(=O)CN(c1ccc(Cl)cc1Cl)S(C)(=O)=O. The Hall–Kier alpha value is -1.41. The Kier molecular flexibility index (Phi) is 6.62. The minimum atomic E-state index is -3.72. The molecule has 0 fully saturated rings. The monoisotopic (exact) mass is 418 g/mol. The molecule has 0 aliphatic rings. The summed E-state index contributed by atoms with van der Waals surface area (Å²) in [5.41, 5.74) is 0.817. The van der Waals surface area contributed by atoms with E-state index in [-0.39, 0.29) is 10.7 Å². The normalized spacial score (nSPS) is 11.2. The van der Waals surface area contributed by atoms with Crippen LogP contribution in [0.5, 0.6) is 0 Å². The van der Waals surface area contributed by atoms with Crippen molar-refractivity contribution in [1.82, 2.24) is 0 Å². The minimum absolute atomic E-state index is 0.148. The molecule has 0 saturated heterocycles. The first-order valence-corrected chi connectivity index (χ1v) is 10.9. The van der Waals surface area contributed by atoms with Crippen LogP contribution in [0, 0.1) is 0 Å². The number of nitrogens with zero attached hydrogens (tertiary/aromatic N) is 1. The van der Waals surface area contributed by atoms with Crippen molar-refractivity contribution in [2.24, 2.45) is 0 Å². The number of halogens is 2. The molecule has 2 rings (SSSR count). The number of nitrogens with one attached hydrogen (secondary N) is 1. The molecule has 0 unspecified atom stereocenters. The van der Waals surface area contributed by atoms with E-state index in [1.165, 1.54) is 30.0 Å². The standard InChI is InChI=1S/C16H16Cl2N2O3S2/c1-24-15-6-4-3-5-13(15)19-16(21)10-20(25(2,22)23)14-8-7-11(17)9-12(14)18/h3-9H,10H2,1-2H3,(H,19,21). The highest BCUT2D eigenvalue weighted by atomic mass is 35.5. The van der Waals surface area contributed by atoms with Crippen molar-refractivity contribution in [1.29, 1.82) is 0 Å². The lowest BCUT2D eigenvalue weighted by atomic mass is 10.3. The van der Waals surface area contributed by atoms with Gasteiger partial charge in [0, 0.05) is 9.92 Å². The Morgan fingerprint density at radius 2 is 1.88 bits per heavy atom. The summed E-state index contributed by atoms with van der Waals surface area (Å²) in [6, 6.07) is 11.7. The first-order chi connectivity index (χ1) is 11.7. The van der Waals surface area contributed by atoms with Gasteiger partial charge in [-0.15, -0.1) is 11.8 Å². The van der Waals surface area contributed by atoms with Gasteiger partial charge in [-0.25, -0.2) is 8.42 Å². The van der Waals surface area contributed by atoms with Crippen LogP contribution in [0.15, 0.2) is 47.4 Å². The number of hydrogen-bond acceptors (Lipinski definition) is 4. The summed E-state index contributed by atoms with van der Waals surface area (Å²) < 4.78 is 25.2. The third kappa shape index (κ3) is 5.28. The predicted molar refractivity (Wildman–Crippen MR) is 106 cm³/mol. The van der Waals surface area contributed by atoms with E-state index in [0.717, 1.165) is 15.5 Å². The molecule has 0 radical (unpaired) electrons. The zero-order valence-electron chi connectivity index (χ0n) is 13.5. The van der Waals surface area contributed by atoms with Gasteiger partial charge in [-0.05, 0) is 36.6 Å². The number of anilines is 2. The van der Waals surface area contributed by atoms with Crippen LogP contribution in [0.25, 0.3) is 0 Å². The van der Waals surface area contributed by atoms with Gasteiger partial charge in [0.15, 0.2) is 0 Å². The number of carbonyl (C=O) groups is 1. The quantitative estimate of drug-likeness (QED) is 0.716. The first-order valence-electron chi connectivity index (χ1n) is 7.08. The fourth-order valence-electron chi connectivity index (χ4n) is 2.13. The number of sulfonamides is 1. The molecule has 0 saturated carbocycles. The number of benzene rings is 2. The summed E-state index contributed by atoms with van der Waals surface area (Å²) in [6.07, 6.45) is 2.91. The smallest absolute Gasteiger partial charge is 0.245 e. The number of amides is 1. The Labute approximate surface area is 161 Å². The Morgan fingerprint density at radius 1 is 1.20 bits per heavy atom. The van der Waals surface area contributed by atoms with Gasteiger partial charge in [0.25, 0.3) is 0 Å². The molecule has 1 N–H and O–H groups in total. The summed E-state index contributed by atoms with van der Waals surface area (Å²) in [7, 11) is -3.72. The van der Waals surface area contributed by atoms with Crippen LogP contribution in [0.3, 0.4) is 0 Å². The zero-order valence-corrected chi connectivity index (χ0v) is 16.6. The van der Waals surface area contributed by atoms with E-state index in [9.17, 15) is 13.2 Å². The fourth-order valence-corrected chi connectivity index (χ4v) is 4.12. The van der Waals surface area contributed by atoms with E-state index >= 15 is 0 Å². The van der Waals surface area contributed by atoms with Crippen LogP contribution in [0.4, 0.5) is 11.4 Å². The molecule has 0 spiro atoms. The number of hydrogen-bond donors (Lipinski definition) is 1. The van der Waals surface area contributed by atoms with Crippen LogP contribution < -0.4 is 9.62 Å². The number of rotatable bonds is 6. The molecule has 5 nitrogen and oxygen atoms in total. The second-order valence-corrected chi connectivity index (χ2v) is 8.71. The lowest BCUT2D eigenvalue weighted by Gasteiger charge is -2.23. The summed E-state index contributed by atoms with van der Waals surface area (Å²) >= 11 is 13.4. The average molecular weight is 419 g/mol. The molecule has 2 aromatic rings. The van der Waals surface area contributed by atoms with E-state index in [4.69, 9.17) is 23.2 Å². The summed E-state index contributed by atoms with van der Waals surface area (Å²) in [5.74, 6) is -0.474. The molecule has 0 aromatic heterocycles. The fraction of sp³-hybridized carbons (Fsp3) is 0.188. The molecule has 134 valence electrons. The summed E-state index contributed by atoms with van der Waals surface area (Å²) in [6.45, 7) is -0.400. The van der Waals surface area contributed by atoms with Gasteiger partial charge in [0.05, 0.1) is 22.7 Å². The zero-order chi connectivity index (χ0) is 18.6. The maximum Gasteiger partial charge on any atom is 0.245 e. The molecule has 1 amide bonds. The first kappa shape index (κ1) is 19.9. The van der Waals surface area contributed by atoms with E-state index in [1.54, 1.807) is 12.1 Å². The van der Waals surface area contributed by atoms with Crippen LogP contribution in [-0.4, -0.2) is 33.4 Å². The second-order valence-electron chi connectivity index (χ2n) is 5.11. The highest BCUT2D eigenvalue weighted by molar-refractivity contribution is 7.98. The van der Waals surface area contributed by atoms with Crippen molar-refractivity contribution < 1.29 is 13.2 Å². The predicted octanol–water partition coefficient (Wildman–Crippen LogP) is 4.12. The third-order valence-corrected chi connectivity index (χ3v) is 5.71. The Bertz CT molecular complexity index is 889. The Morgan fingerprint density at radius 3 is 2.48 bits per heavy atom. The third-order valence-electron chi connectivity index (χ3n) is 3.25. The molecule has 9 heteroatoms. The minimum Gasteiger partial charge on any atom is -0.323 e. The second kappa shape index (κ2) is 8.31. The molecular formula is C16H16Cl2N2O3S2. The molecule has 0 heterocycles. The summed E-state index contributed by atoms with van der Waals surface area (Å²) in [4.78, 5) is 13.3. The van der Waals surface area contributed by atoms with Crippen molar-refractivity contribution in [2.45, 2.75) is 4.90 Å². The lowest BCUT2D eigenvalue weighted by Crippen LogP contribution is -2.37. The molecule has 0 bridgehead atoms. The van der Waals surface area contributed by atoms with Gasteiger partial charge in [0.1, 0.15) is 6.54 Å². The molecular weight excluding hydrogens is 403 g/mol. The van der Waals surface area contributed by atoms with E-state index < -0.39 is 22.5 Å². The van der Waals surface area contributed by atoms with Crippen LogP contribution >= 0.6 is 35.0 Å². The highest BCUT2D eigenvalue weighted by Crippen LogP contribution is 2.30. The molecule has 0 aliphatic carbocycles. The van der Waals surface area contributed by atoms with Crippen molar-refractivity contribution in [3.8, 4) is 0 Å². The molecule has 25 heavy (non-hydrogen) atoms. The van der Waals surface area contributed by atoms with Gasteiger partial charge in [-0.1, -0.05) is 35.3 Å². The molecule has 2 aromatic carbocycles. The van der Waals surface area contributed by atoms with Crippen LogP contribution in [0.1, 0.15) is 0 Å². The van der Waals surface area contributed by atoms with E-state index in [2.05, 4.69) is 5.32 Å². The maximum absolute atomic E-state index is 12.4. The highest BCUT2D eigenvalue weighted by Gasteiger charge is 2.23. The van der Waals surface area contributed by atoms with Crippen molar-refractivity contribution in [2.75, 3.05) is 28.7 Å².